The fraction of sp³-hybridized carbons (Fsp3) is 0.0357. The van der Waals surface area contributed by atoms with Gasteiger partial charge in [0.15, 0.2) is 0 Å². The number of halogens is 1. The van der Waals surface area contributed by atoms with Gasteiger partial charge in [-0.1, -0.05) is 72.3 Å². The van der Waals surface area contributed by atoms with Crippen LogP contribution in [-0.2, 0) is 9.59 Å². The van der Waals surface area contributed by atoms with Crippen LogP contribution in [-0.4, -0.2) is 17.7 Å². The molecule has 0 aromatic heterocycles. The molecule has 0 atom stereocenters. The Morgan fingerprint density at radius 2 is 1.54 bits per heavy atom. The normalized spacial score (nSPS) is 13.5. The maximum Gasteiger partial charge on any atom is 0.283 e. The fourth-order valence-corrected chi connectivity index (χ4v) is 4.27. The number of carbonyl (C=O) groups is 3. The lowest BCUT2D eigenvalue weighted by atomic mass is 10.1. The number of benzene rings is 4. The van der Waals surface area contributed by atoms with E-state index in [1.165, 1.54) is 0 Å². The highest BCUT2D eigenvalue weighted by atomic mass is 35.5. The summed E-state index contributed by atoms with van der Waals surface area (Å²) in [4.78, 5) is 39.9. The summed E-state index contributed by atoms with van der Waals surface area (Å²) in [7, 11) is 0. The zero-order valence-electron chi connectivity index (χ0n) is 18.7. The summed E-state index contributed by atoms with van der Waals surface area (Å²) in [6.07, 6.45) is 0. The molecule has 0 aliphatic carbocycles. The molecule has 4 aromatic rings. The summed E-state index contributed by atoms with van der Waals surface area (Å²) >= 11 is 6.26. The second-order valence-corrected chi connectivity index (χ2v) is 8.49. The van der Waals surface area contributed by atoms with Gasteiger partial charge in [-0.15, -0.1) is 0 Å². The highest BCUT2D eigenvalue weighted by Gasteiger charge is 2.39. The van der Waals surface area contributed by atoms with Crippen LogP contribution < -0.4 is 15.5 Å². The van der Waals surface area contributed by atoms with Crippen molar-refractivity contribution in [1.82, 2.24) is 0 Å². The second kappa shape index (κ2) is 9.08. The van der Waals surface area contributed by atoms with Crippen LogP contribution in [0.15, 0.2) is 102 Å². The molecule has 3 amide bonds. The Bertz CT molecular complexity index is 1540. The number of aryl methyl sites for hydroxylation is 1. The molecular formula is C28H20ClN3O3. The third-order valence-electron chi connectivity index (χ3n) is 5.82. The number of anilines is 3. The molecule has 1 heterocycles. The average molecular weight is 482 g/mol. The van der Waals surface area contributed by atoms with Gasteiger partial charge in [-0.05, 0) is 48.2 Å². The van der Waals surface area contributed by atoms with Crippen LogP contribution in [0.1, 0.15) is 15.9 Å². The number of para-hydroxylation sites is 1. The SMILES string of the molecule is Cc1ccccc1N1C(=O)C(Cl)=C(Nc2cccc(C(=O)Nc3cccc4ccccc34)c2)C1=O. The summed E-state index contributed by atoms with van der Waals surface area (Å²) in [5, 5.41) is 7.63. The minimum absolute atomic E-state index is 0.0356. The number of carbonyl (C=O) groups excluding carboxylic acids is 3. The number of amides is 3. The van der Waals surface area contributed by atoms with Crippen molar-refractivity contribution in [2.75, 3.05) is 15.5 Å². The van der Waals surface area contributed by atoms with Crippen molar-refractivity contribution in [2.45, 2.75) is 6.92 Å². The van der Waals surface area contributed by atoms with Crippen LogP contribution in [0.2, 0.25) is 0 Å². The highest BCUT2D eigenvalue weighted by molar-refractivity contribution is 6.53. The van der Waals surface area contributed by atoms with E-state index >= 15 is 0 Å². The fourth-order valence-electron chi connectivity index (χ4n) is 4.06. The van der Waals surface area contributed by atoms with Crippen molar-refractivity contribution < 1.29 is 14.4 Å². The molecule has 172 valence electrons. The molecular weight excluding hydrogens is 462 g/mol. The van der Waals surface area contributed by atoms with E-state index in [2.05, 4.69) is 10.6 Å². The maximum atomic E-state index is 13.1. The molecule has 6 nitrogen and oxygen atoms in total. The van der Waals surface area contributed by atoms with E-state index in [1.807, 2.05) is 61.5 Å². The zero-order valence-corrected chi connectivity index (χ0v) is 19.5. The third-order valence-corrected chi connectivity index (χ3v) is 6.17. The molecule has 0 fully saturated rings. The Kier molecular flexibility index (Phi) is 5.81. The van der Waals surface area contributed by atoms with E-state index < -0.39 is 11.8 Å². The zero-order chi connectivity index (χ0) is 24.5. The quantitative estimate of drug-likeness (QED) is 0.351. The van der Waals surface area contributed by atoms with E-state index in [0.29, 0.717) is 22.6 Å². The van der Waals surface area contributed by atoms with Crippen molar-refractivity contribution in [3.63, 3.8) is 0 Å². The van der Waals surface area contributed by atoms with Crippen LogP contribution >= 0.6 is 11.6 Å². The minimum Gasteiger partial charge on any atom is -0.350 e. The van der Waals surface area contributed by atoms with Gasteiger partial charge in [0.05, 0.1) is 5.69 Å². The molecule has 1 aliphatic rings. The first-order valence-electron chi connectivity index (χ1n) is 10.9. The molecule has 7 heteroatoms. The third kappa shape index (κ3) is 4.16. The van der Waals surface area contributed by atoms with Crippen LogP contribution in [0.3, 0.4) is 0 Å². The van der Waals surface area contributed by atoms with Crippen molar-refractivity contribution in [3.05, 3.63) is 113 Å². The second-order valence-electron chi connectivity index (χ2n) is 8.11. The van der Waals surface area contributed by atoms with E-state index in [9.17, 15) is 14.4 Å². The van der Waals surface area contributed by atoms with Gasteiger partial charge in [-0.25, -0.2) is 4.90 Å². The van der Waals surface area contributed by atoms with Crippen LogP contribution in [0.25, 0.3) is 10.8 Å². The first-order chi connectivity index (χ1) is 16.9. The molecule has 0 unspecified atom stereocenters. The summed E-state index contributed by atoms with van der Waals surface area (Å²) in [5.41, 5.74) is 2.74. The number of hydrogen-bond acceptors (Lipinski definition) is 4. The molecule has 0 radical (unpaired) electrons. The van der Waals surface area contributed by atoms with Gasteiger partial charge in [0.2, 0.25) is 0 Å². The van der Waals surface area contributed by atoms with Crippen LogP contribution in [0.5, 0.6) is 0 Å². The van der Waals surface area contributed by atoms with E-state index in [4.69, 9.17) is 11.6 Å². The number of imide groups is 1. The highest BCUT2D eigenvalue weighted by Crippen LogP contribution is 2.32. The molecule has 0 saturated carbocycles. The summed E-state index contributed by atoms with van der Waals surface area (Å²) in [6, 6.07) is 27.2. The Morgan fingerprint density at radius 3 is 2.37 bits per heavy atom. The van der Waals surface area contributed by atoms with E-state index in [0.717, 1.165) is 21.2 Å². The number of hydrogen-bond donors (Lipinski definition) is 2. The van der Waals surface area contributed by atoms with E-state index in [-0.39, 0.29) is 16.6 Å². The largest absolute Gasteiger partial charge is 0.350 e. The molecule has 5 rings (SSSR count). The Labute approximate surface area is 206 Å². The number of nitrogens with one attached hydrogen (secondary N) is 2. The monoisotopic (exact) mass is 481 g/mol. The minimum atomic E-state index is -0.599. The lowest BCUT2D eigenvalue weighted by Gasteiger charge is -2.17. The number of rotatable bonds is 5. The molecule has 1 aliphatic heterocycles. The molecule has 0 saturated heterocycles. The summed E-state index contributed by atoms with van der Waals surface area (Å²) in [6.45, 7) is 1.81. The van der Waals surface area contributed by atoms with Gasteiger partial charge < -0.3 is 10.6 Å². The first kappa shape index (κ1) is 22.4. The summed E-state index contributed by atoms with van der Waals surface area (Å²) in [5.74, 6) is -1.46. The van der Waals surface area contributed by atoms with Gasteiger partial charge in [-0.2, -0.15) is 0 Å². The van der Waals surface area contributed by atoms with Crippen molar-refractivity contribution in [1.29, 1.82) is 0 Å². The first-order valence-corrected chi connectivity index (χ1v) is 11.3. The van der Waals surface area contributed by atoms with Crippen LogP contribution in [0, 0.1) is 6.92 Å². The Morgan fingerprint density at radius 1 is 0.829 bits per heavy atom. The van der Waals surface area contributed by atoms with Crippen molar-refractivity contribution in [3.8, 4) is 0 Å². The van der Waals surface area contributed by atoms with Crippen molar-refractivity contribution in [2.24, 2.45) is 0 Å². The van der Waals surface area contributed by atoms with Gasteiger partial charge in [0.25, 0.3) is 17.7 Å². The molecule has 4 aromatic carbocycles. The number of nitrogens with zero attached hydrogens (tertiary/aromatic N) is 1. The Hall–Kier alpha value is -4.42. The standard InChI is InChI=1S/C28H20ClN3O3/c1-17-8-2-5-15-23(17)32-27(34)24(29)25(28(32)35)30-20-12-6-11-19(16-20)26(33)31-22-14-7-10-18-9-3-4-13-21(18)22/h2-16,30H,1H3,(H,31,33). The molecule has 0 spiro atoms. The topological polar surface area (TPSA) is 78.5 Å². The van der Waals surface area contributed by atoms with Gasteiger partial charge in [0, 0.05) is 22.3 Å². The molecule has 0 bridgehead atoms. The lowest BCUT2D eigenvalue weighted by molar-refractivity contribution is -0.120. The van der Waals surface area contributed by atoms with Gasteiger partial charge in [-0.3, -0.25) is 14.4 Å². The predicted molar refractivity (Wildman–Crippen MR) is 139 cm³/mol. The maximum absolute atomic E-state index is 13.1. The lowest BCUT2D eigenvalue weighted by Crippen LogP contribution is -2.32. The Balaban J connectivity index is 1.38. The summed E-state index contributed by atoms with van der Waals surface area (Å²) < 4.78 is 0. The predicted octanol–water partition coefficient (Wildman–Crippen LogP) is 5.84. The van der Waals surface area contributed by atoms with Crippen LogP contribution in [0.4, 0.5) is 17.1 Å². The van der Waals surface area contributed by atoms with E-state index in [1.54, 1.807) is 36.4 Å². The van der Waals surface area contributed by atoms with Gasteiger partial charge >= 0.3 is 0 Å². The number of fused-ring (bicyclic) bond motifs is 1. The molecule has 2 N–H and O–H groups in total. The smallest absolute Gasteiger partial charge is 0.283 e. The van der Waals surface area contributed by atoms with Crippen molar-refractivity contribution >= 4 is 57.2 Å². The van der Waals surface area contributed by atoms with Gasteiger partial charge in [0.1, 0.15) is 10.7 Å². The average Bonchev–Trinajstić information content (AvgIpc) is 3.08. The molecule has 35 heavy (non-hydrogen) atoms.